The highest BCUT2D eigenvalue weighted by molar-refractivity contribution is 7.85. The Bertz CT molecular complexity index is 286. The molecule has 0 aliphatic heterocycles. The number of hydrogen-bond acceptors (Lipinski definition) is 4. The Kier molecular flexibility index (Phi) is 7.49. The average Bonchev–Trinajstić information content (AvgIpc) is 1.68. The molecule has 4 nitrogen and oxygen atoms in total. The van der Waals surface area contributed by atoms with Gasteiger partial charge in [-0.25, -0.2) is 0 Å². The van der Waals surface area contributed by atoms with E-state index in [1.54, 1.807) is 0 Å². The van der Waals surface area contributed by atoms with E-state index in [2.05, 4.69) is 0 Å². The molecule has 17 heavy (non-hydrogen) atoms. The molecule has 0 fully saturated rings. The molecule has 0 amide bonds. The van der Waals surface area contributed by atoms with Crippen LogP contribution in [0.2, 0.25) is 10.6 Å². The van der Waals surface area contributed by atoms with E-state index >= 15 is 0 Å². The minimum Gasteiger partial charge on any atom is -0.807 e. The highest BCUT2D eigenvalue weighted by atomic mass is 31.2. The van der Waals surface area contributed by atoms with Crippen molar-refractivity contribution in [1.82, 2.24) is 0 Å². The standard InChI is InChI=1S/C5H13BO2P.C5H10BO2/c1-5(2,3)6-9(4,7)8;1-5(2,3)6-4(7)8/h1-4H3,(H,7,8);1-3H3,(H,7,8)/p-2. The fraction of sp³-hybridized carbons (Fsp3) is 0.900. The van der Waals surface area contributed by atoms with Crippen LogP contribution in [0.15, 0.2) is 0 Å². The van der Waals surface area contributed by atoms with Crippen molar-refractivity contribution in [2.45, 2.75) is 52.2 Å². The highest BCUT2D eigenvalue weighted by Crippen LogP contribution is 2.38. The molecule has 7 heteroatoms. The topological polar surface area (TPSA) is 80.3 Å². The van der Waals surface area contributed by atoms with Crippen molar-refractivity contribution >= 4 is 27.4 Å². The summed E-state index contributed by atoms with van der Waals surface area (Å²) in [5, 5.41) is 9.37. The van der Waals surface area contributed by atoms with Crippen LogP contribution in [-0.2, 0) is 4.57 Å². The van der Waals surface area contributed by atoms with Crippen LogP contribution in [0.5, 0.6) is 0 Å². The first-order chi connectivity index (χ1) is 7.12. The van der Waals surface area contributed by atoms with Crippen LogP contribution in [0.4, 0.5) is 4.79 Å². The van der Waals surface area contributed by atoms with Crippen LogP contribution in [0, 0.1) is 0 Å². The van der Waals surface area contributed by atoms with Crippen molar-refractivity contribution in [3.8, 4) is 0 Å². The Hall–Kier alpha value is -0.210. The Morgan fingerprint density at radius 1 is 1.06 bits per heavy atom. The molecule has 0 saturated heterocycles. The van der Waals surface area contributed by atoms with Gasteiger partial charge in [0.1, 0.15) is 0 Å². The van der Waals surface area contributed by atoms with Crippen LogP contribution in [0.3, 0.4) is 0 Å². The van der Waals surface area contributed by atoms with E-state index in [0.29, 0.717) is 0 Å². The number of carboxylic acid groups (broad SMARTS) is 1. The molecule has 0 rings (SSSR count). The SMILES string of the molecule is CC(C)(C)[B]C(=O)[O-].CC(C)(C)[B]P(C)(=O)[O-]. The minimum atomic E-state index is -3.16. The zero-order chi connectivity index (χ0) is 14.5. The molecule has 0 heterocycles. The van der Waals surface area contributed by atoms with Gasteiger partial charge in [-0.05, 0) is 19.8 Å². The summed E-state index contributed by atoms with van der Waals surface area (Å²) >= 11 is 0. The lowest BCUT2D eigenvalue weighted by molar-refractivity contribution is -0.234. The molecule has 0 saturated carbocycles. The molecule has 1 unspecified atom stereocenters. The third-order valence-corrected chi connectivity index (χ3v) is 2.42. The summed E-state index contributed by atoms with van der Waals surface area (Å²) in [6.07, 6.45) is 0. The summed E-state index contributed by atoms with van der Waals surface area (Å²) in [6, 6.07) is 0. The lowest BCUT2D eigenvalue weighted by Gasteiger charge is -2.25. The van der Waals surface area contributed by atoms with Gasteiger partial charge >= 0.3 is 0 Å². The first kappa shape index (κ1) is 19.1. The highest BCUT2D eigenvalue weighted by Gasteiger charge is 2.17. The Morgan fingerprint density at radius 2 is 1.41 bits per heavy atom. The van der Waals surface area contributed by atoms with E-state index in [9.17, 15) is 19.4 Å². The molecule has 1 atom stereocenters. The largest absolute Gasteiger partial charge is 0.807 e. The minimum absolute atomic E-state index is 0.216. The lowest BCUT2D eigenvalue weighted by Crippen LogP contribution is -2.32. The van der Waals surface area contributed by atoms with Crippen molar-refractivity contribution < 1.29 is 19.4 Å². The van der Waals surface area contributed by atoms with Gasteiger partial charge in [0, 0.05) is 0 Å². The van der Waals surface area contributed by atoms with Gasteiger partial charge in [0.05, 0.1) is 0 Å². The molecule has 2 radical (unpaired) electrons. The third-order valence-electron chi connectivity index (χ3n) is 1.17. The second-order valence-corrected chi connectivity index (χ2v) is 8.31. The molecular weight excluding hydrogens is 237 g/mol. The fourth-order valence-corrected chi connectivity index (χ4v) is 2.46. The van der Waals surface area contributed by atoms with Gasteiger partial charge < -0.3 is 19.4 Å². The molecule has 0 aromatic heterocycles. The number of hydrogen-bond donors (Lipinski definition) is 0. The maximum absolute atomic E-state index is 10.6. The summed E-state index contributed by atoms with van der Waals surface area (Å²) in [5.41, 5.74) is 0. The molecule has 0 aliphatic carbocycles. The van der Waals surface area contributed by atoms with Gasteiger partial charge in [0.15, 0.2) is 14.3 Å². The zero-order valence-corrected chi connectivity index (χ0v) is 12.6. The summed E-state index contributed by atoms with van der Waals surface area (Å²) in [7, 11) is -2.00. The first-order valence-electron chi connectivity index (χ1n) is 5.34. The smallest absolute Gasteiger partial charge is 0.184 e. The van der Waals surface area contributed by atoms with Gasteiger partial charge in [0.2, 0.25) is 0 Å². The third kappa shape index (κ3) is 25.8. The Balaban J connectivity index is 0. The zero-order valence-electron chi connectivity index (χ0n) is 11.7. The molecule has 0 aromatic carbocycles. The summed E-state index contributed by atoms with van der Waals surface area (Å²) in [4.78, 5) is 20.5. The monoisotopic (exact) mass is 258 g/mol. The second-order valence-electron chi connectivity index (χ2n) is 6.23. The molecule has 0 aromatic rings. The van der Waals surface area contributed by atoms with Gasteiger partial charge in [0.25, 0.3) is 0 Å². The quantitative estimate of drug-likeness (QED) is 0.552. The van der Waals surface area contributed by atoms with E-state index in [-0.39, 0.29) is 10.6 Å². The van der Waals surface area contributed by atoms with E-state index < -0.39 is 13.1 Å². The Labute approximate surface area is 106 Å². The normalized spacial score (nSPS) is 15.1. The van der Waals surface area contributed by atoms with Gasteiger partial charge in [-0.15, -0.1) is 0 Å². The van der Waals surface area contributed by atoms with Crippen LogP contribution in [0.25, 0.3) is 0 Å². The van der Waals surface area contributed by atoms with E-state index in [0.717, 1.165) is 7.28 Å². The molecule has 0 aliphatic rings. The summed E-state index contributed by atoms with van der Waals surface area (Å²) < 4.78 is 10.6. The van der Waals surface area contributed by atoms with Gasteiger partial charge in [-0.3, -0.25) is 0 Å². The maximum atomic E-state index is 10.6. The Morgan fingerprint density at radius 3 is 1.41 bits per heavy atom. The predicted octanol–water partition coefficient (Wildman–Crippen LogP) is 1.34. The van der Waals surface area contributed by atoms with Gasteiger partial charge in [-0.1, -0.05) is 52.2 Å². The molecule has 0 N–H and O–H groups in total. The predicted molar refractivity (Wildman–Crippen MR) is 69.9 cm³/mol. The maximum Gasteiger partial charge on any atom is 0.184 e. The van der Waals surface area contributed by atoms with Crippen LogP contribution < -0.4 is 10.00 Å². The number of carbonyl (C=O) groups is 1. The van der Waals surface area contributed by atoms with Crippen molar-refractivity contribution in [2.24, 2.45) is 0 Å². The van der Waals surface area contributed by atoms with E-state index in [4.69, 9.17) is 0 Å². The molecule has 0 bridgehead atoms. The van der Waals surface area contributed by atoms with E-state index in [1.165, 1.54) is 13.7 Å². The summed E-state index contributed by atoms with van der Waals surface area (Å²) in [5.74, 6) is -1.10. The molecule has 98 valence electrons. The second kappa shape index (κ2) is 6.65. The first-order valence-corrected chi connectivity index (χ1v) is 7.49. The van der Waals surface area contributed by atoms with Crippen molar-refractivity contribution in [3.63, 3.8) is 0 Å². The number of rotatable bonds is 2. The average molecular weight is 258 g/mol. The van der Waals surface area contributed by atoms with Crippen molar-refractivity contribution in [2.75, 3.05) is 6.66 Å². The lowest BCUT2D eigenvalue weighted by atomic mass is 9.55. The van der Waals surface area contributed by atoms with Crippen molar-refractivity contribution in [1.29, 1.82) is 0 Å². The van der Waals surface area contributed by atoms with Crippen LogP contribution in [-0.4, -0.2) is 26.8 Å². The summed E-state index contributed by atoms with van der Waals surface area (Å²) in [6.45, 7) is 13.6. The van der Waals surface area contributed by atoms with E-state index in [1.807, 2.05) is 41.5 Å². The van der Waals surface area contributed by atoms with Gasteiger partial charge in [-0.2, -0.15) is 0 Å². The van der Waals surface area contributed by atoms with Crippen LogP contribution in [0.1, 0.15) is 41.5 Å². The number of carbonyl (C=O) groups excluding carboxylic acids is 1. The van der Waals surface area contributed by atoms with Crippen molar-refractivity contribution in [3.05, 3.63) is 0 Å². The molecular formula is C10H21B2O4P-2. The fourth-order valence-electron chi connectivity index (χ4n) is 1.06. The molecule has 0 spiro atoms. The van der Waals surface area contributed by atoms with Crippen LogP contribution >= 0.6 is 7.25 Å².